The fourth-order valence-corrected chi connectivity index (χ4v) is 1.41. The summed E-state index contributed by atoms with van der Waals surface area (Å²) in [6.45, 7) is 6.48. The first kappa shape index (κ1) is 13.0. The van der Waals surface area contributed by atoms with Gasteiger partial charge in [0.15, 0.2) is 5.89 Å². The van der Waals surface area contributed by atoms with Crippen LogP contribution in [0.5, 0.6) is 0 Å². The third kappa shape index (κ3) is 3.17. The summed E-state index contributed by atoms with van der Waals surface area (Å²) in [5.74, 6) is -1.13. The molecular weight excluding hydrogens is 224 g/mol. The van der Waals surface area contributed by atoms with Gasteiger partial charge in [0, 0.05) is 13.5 Å². The van der Waals surface area contributed by atoms with Crippen LogP contribution in [0.3, 0.4) is 0 Å². The van der Waals surface area contributed by atoms with Gasteiger partial charge in [0.05, 0.1) is 5.69 Å². The van der Waals surface area contributed by atoms with Gasteiger partial charge >= 0.3 is 5.97 Å². The minimum atomic E-state index is -1.09. The highest BCUT2D eigenvalue weighted by atomic mass is 16.4. The summed E-state index contributed by atoms with van der Waals surface area (Å²) in [6, 6.07) is 0. The van der Waals surface area contributed by atoms with Crippen LogP contribution in [0, 0.1) is 13.8 Å². The number of aromatic nitrogens is 1. The Balaban J connectivity index is 2.94. The number of oxazole rings is 1. The molecule has 0 spiro atoms. The van der Waals surface area contributed by atoms with Gasteiger partial charge in [0.2, 0.25) is 5.76 Å². The van der Waals surface area contributed by atoms with Crippen molar-refractivity contribution in [3.05, 3.63) is 30.0 Å². The Hall–Kier alpha value is -2.11. The lowest BCUT2D eigenvalue weighted by atomic mass is 10.3. The first-order chi connectivity index (χ1) is 7.95. The number of aliphatic carboxylic acids is 1. The molecule has 92 valence electrons. The highest BCUT2D eigenvalue weighted by Crippen LogP contribution is 2.12. The van der Waals surface area contributed by atoms with Crippen molar-refractivity contribution in [2.24, 2.45) is 0 Å². The lowest BCUT2D eigenvalue weighted by Gasteiger charge is -2.17. The minimum Gasteiger partial charge on any atom is -0.480 e. The van der Waals surface area contributed by atoms with Crippen LogP contribution in [0.1, 0.15) is 22.1 Å². The maximum Gasteiger partial charge on any atom is 0.323 e. The number of carboxylic acids is 1. The quantitative estimate of drug-likeness (QED) is 0.774. The van der Waals surface area contributed by atoms with E-state index in [-0.39, 0.29) is 12.3 Å². The van der Waals surface area contributed by atoms with E-state index < -0.39 is 18.4 Å². The number of amides is 1. The first-order valence-electron chi connectivity index (χ1n) is 5.01. The topological polar surface area (TPSA) is 83.6 Å². The Kier molecular flexibility index (Phi) is 4.03. The van der Waals surface area contributed by atoms with Crippen molar-refractivity contribution in [3.63, 3.8) is 0 Å². The van der Waals surface area contributed by atoms with E-state index in [1.165, 1.54) is 6.08 Å². The normalized spacial score (nSPS) is 10.0. The number of carboxylic acid groups (broad SMARTS) is 1. The monoisotopic (exact) mass is 238 g/mol. The molecule has 0 aliphatic heterocycles. The van der Waals surface area contributed by atoms with Crippen molar-refractivity contribution in [2.45, 2.75) is 13.8 Å². The van der Waals surface area contributed by atoms with Crippen LogP contribution in [0.15, 0.2) is 17.1 Å². The van der Waals surface area contributed by atoms with Gasteiger partial charge < -0.3 is 14.4 Å². The van der Waals surface area contributed by atoms with E-state index in [2.05, 4.69) is 11.6 Å². The van der Waals surface area contributed by atoms with Crippen molar-refractivity contribution in [1.29, 1.82) is 0 Å². The maximum atomic E-state index is 12.0. The van der Waals surface area contributed by atoms with Crippen molar-refractivity contribution in [3.8, 4) is 0 Å². The van der Waals surface area contributed by atoms with E-state index in [0.717, 1.165) is 4.90 Å². The molecule has 0 aliphatic rings. The predicted molar refractivity (Wildman–Crippen MR) is 59.7 cm³/mol. The summed E-state index contributed by atoms with van der Waals surface area (Å²) in [6.07, 6.45) is 1.46. The number of hydrogen-bond acceptors (Lipinski definition) is 4. The van der Waals surface area contributed by atoms with Gasteiger partial charge in [-0.1, -0.05) is 6.08 Å². The Labute approximate surface area is 98.6 Å². The number of nitrogens with zero attached hydrogens (tertiary/aromatic N) is 2. The third-order valence-electron chi connectivity index (χ3n) is 2.06. The van der Waals surface area contributed by atoms with Crippen molar-refractivity contribution < 1.29 is 19.1 Å². The largest absolute Gasteiger partial charge is 0.480 e. The second-order valence-corrected chi connectivity index (χ2v) is 3.52. The van der Waals surface area contributed by atoms with Crippen LogP contribution in [0.4, 0.5) is 0 Å². The zero-order valence-electron chi connectivity index (χ0n) is 9.77. The molecule has 6 heteroatoms. The average Bonchev–Trinajstić information content (AvgIpc) is 2.55. The van der Waals surface area contributed by atoms with Gasteiger partial charge in [-0.15, -0.1) is 6.58 Å². The Morgan fingerprint density at radius 2 is 2.18 bits per heavy atom. The van der Waals surface area contributed by atoms with Gasteiger partial charge in [-0.2, -0.15) is 0 Å². The van der Waals surface area contributed by atoms with E-state index in [1.807, 2.05) is 0 Å². The first-order valence-corrected chi connectivity index (χ1v) is 5.01. The smallest absolute Gasteiger partial charge is 0.323 e. The Morgan fingerprint density at radius 3 is 2.59 bits per heavy atom. The Morgan fingerprint density at radius 1 is 1.53 bits per heavy atom. The number of carbonyl (C=O) groups excluding carboxylic acids is 1. The second kappa shape index (κ2) is 5.29. The molecule has 0 aromatic carbocycles. The van der Waals surface area contributed by atoms with Crippen LogP contribution in [-0.2, 0) is 4.79 Å². The zero-order chi connectivity index (χ0) is 13.0. The zero-order valence-corrected chi connectivity index (χ0v) is 9.77. The van der Waals surface area contributed by atoms with Gasteiger partial charge in [-0.25, -0.2) is 4.98 Å². The predicted octanol–water partition coefficient (Wildman–Crippen LogP) is 1.00. The average molecular weight is 238 g/mol. The fraction of sp³-hybridized carbons (Fsp3) is 0.364. The van der Waals surface area contributed by atoms with Crippen LogP contribution >= 0.6 is 0 Å². The molecule has 0 saturated heterocycles. The van der Waals surface area contributed by atoms with Crippen molar-refractivity contribution in [1.82, 2.24) is 9.88 Å². The molecule has 0 unspecified atom stereocenters. The van der Waals surface area contributed by atoms with Crippen LogP contribution in [0.2, 0.25) is 0 Å². The summed E-state index contributed by atoms with van der Waals surface area (Å²) in [7, 11) is 0. The number of hydrogen-bond donors (Lipinski definition) is 1. The molecule has 17 heavy (non-hydrogen) atoms. The second-order valence-electron chi connectivity index (χ2n) is 3.52. The number of aryl methyl sites for hydroxylation is 2. The molecule has 0 aliphatic carbocycles. The van der Waals surface area contributed by atoms with E-state index in [1.54, 1.807) is 13.8 Å². The lowest BCUT2D eigenvalue weighted by molar-refractivity contribution is -0.137. The molecular formula is C11H14N2O4. The van der Waals surface area contributed by atoms with E-state index in [0.29, 0.717) is 11.6 Å². The van der Waals surface area contributed by atoms with Crippen LogP contribution < -0.4 is 0 Å². The van der Waals surface area contributed by atoms with E-state index in [9.17, 15) is 9.59 Å². The molecule has 0 saturated carbocycles. The van der Waals surface area contributed by atoms with Gasteiger partial charge in [0.1, 0.15) is 6.54 Å². The molecule has 1 aromatic rings. The standard InChI is InChI=1S/C11H14N2O4/c1-4-5-13(6-9(14)15)11(16)10-7(2)12-8(3)17-10/h4H,1,5-6H2,2-3H3,(H,14,15). The molecule has 6 nitrogen and oxygen atoms in total. The number of carbonyl (C=O) groups is 2. The molecule has 1 heterocycles. The maximum absolute atomic E-state index is 12.0. The summed E-state index contributed by atoms with van der Waals surface area (Å²) in [5.41, 5.74) is 0.451. The fourth-order valence-electron chi connectivity index (χ4n) is 1.41. The SMILES string of the molecule is C=CCN(CC(=O)O)C(=O)c1oc(C)nc1C. The molecule has 1 N–H and O–H groups in total. The van der Waals surface area contributed by atoms with Crippen LogP contribution in [-0.4, -0.2) is 40.0 Å². The molecule has 0 bridgehead atoms. The van der Waals surface area contributed by atoms with Crippen LogP contribution in [0.25, 0.3) is 0 Å². The lowest BCUT2D eigenvalue weighted by Crippen LogP contribution is -2.35. The van der Waals surface area contributed by atoms with Gasteiger partial charge in [-0.05, 0) is 6.92 Å². The van der Waals surface area contributed by atoms with Crippen molar-refractivity contribution >= 4 is 11.9 Å². The minimum absolute atomic E-state index is 0.0746. The highest BCUT2D eigenvalue weighted by Gasteiger charge is 2.23. The molecule has 1 rings (SSSR count). The van der Waals surface area contributed by atoms with Gasteiger partial charge in [-0.3, -0.25) is 9.59 Å². The van der Waals surface area contributed by atoms with E-state index in [4.69, 9.17) is 9.52 Å². The molecule has 1 amide bonds. The number of rotatable bonds is 5. The summed E-state index contributed by atoms with van der Waals surface area (Å²) < 4.78 is 5.16. The molecule has 0 atom stereocenters. The molecule has 0 fully saturated rings. The molecule has 0 radical (unpaired) electrons. The summed E-state index contributed by atoms with van der Waals surface area (Å²) in [4.78, 5) is 27.7. The van der Waals surface area contributed by atoms with Gasteiger partial charge in [0.25, 0.3) is 5.91 Å². The Bertz CT molecular complexity index is 450. The summed E-state index contributed by atoms with van der Waals surface area (Å²) in [5, 5.41) is 8.71. The highest BCUT2D eigenvalue weighted by molar-refractivity contribution is 5.94. The third-order valence-corrected chi connectivity index (χ3v) is 2.06. The van der Waals surface area contributed by atoms with Crippen molar-refractivity contribution in [2.75, 3.05) is 13.1 Å². The van der Waals surface area contributed by atoms with E-state index >= 15 is 0 Å². The molecule has 1 aromatic heterocycles. The summed E-state index contributed by atoms with van der Waals surface area (Å²) >= 11 is 0.